The van der Waals surface area contributed by atoms with E-state index in [0.29, 0.717) is 12.6 Å². The number of aromatic nitrogens is 2. The van der Waals surface area contributed by atoms with Crippen molar-refractivity contribution in [2.24, 2.45) is 7.05 Å². The molecule has 0 aliphatic carbocycles. The van der Waals surface area contributed by atoms with Gasteiger partial charge in [0.1, 0.15) is 18.5 Å². The molecule has 0 saturated carbocycles. The number of aliphatic hydroxyl groups is 2. The average Bonchev–Trinajstić information content (AvgIpc) is 3.22. The third-order valence-corrected chi connectivity index (χ3v) is 6.70. The summed E-state index contributed by atoms with van der Waals surface area (Å²) in [5, 5.41) is 26.9. The number of nitrogens with zero attached hydrogens (tertiary/aromatic N) is 4. The lowest BCUT2D eigenvalue weighted by Gasteiger charge is -2.45. The van der Waals surface area contributed by atoms with E-state index in [4.69, 9.17) is 4.74 Å². The first-order valence-electron chi connectivity index (χ1n) is 11.5. The Morgan fingerprint density at radius 2 is 1.91 bits per heavy atom. The van der Waals surface area contributed by atoms with Gasteiger partial charge in [-0.1, -0.05) is 24.3 Å². The van der Waals surface area contributed by atoms with E-state index in [1.165, 1.54) is 0 Å². The van der Waals surface area contributed by atoms with E-state index < -0.39 is 6.10 Å². The van der Waals surface area contributed by atoms with Gasteiger partial charge < -0.3 is 19.8 Å². The van der Waals surface area contributed by atoms with Crippen molar-refractivity contribution >= 4 is 10.8 Å². The Balaban J connectivity index is 1.19. The Morgan fingerprint density at radius 1 is 1.12 bits per heavy atom. The maximum absolute atomic E-state index is 10.6. The number of ether oxygens (including phenoxy) is 1. The Morgan fingerprint density at radius 3 is 2.62 bits per heavy atom. The molecule has 2 fully saturated rings. The lowest BCUT2D eigenvalue weighted by molar-refractivity contribution is -0.0430. The van der Waals surface area contributed by atoms with Crippen LogP contribution in [0.25, 0.3) is 22.0 Å². The van der Waals surface area contributed by atoms with E-state index in [2.05, 4.69) is 27.0 Å². The smallest absolute Gasteiger partial charge is 0.120 e. The molecule has 2 aromatic carbocycles. The minimum Gasteiger partial charge on any atom is -0.491 e. The molecule has 0 amide bonds. The molecular weight excluding hydrogens is 404 g/mol. The number of rotatable bonds is 7. The number of benzene rings is 2. The predicted octanol–water partition coefficient (Wildman–Crippen LogP) is 2.12. The first-order valence-corrected chi connectivity index (χ1v) is 11.5. The fourth-order valence-electron chi connectivity index (χ4n) is 4.93. The number of aliphatic hydroxyl groups excluding tert-OH is 2. The van der Waals surface area contributed by atoms with Crippen LogP contribution in [0.2, 0.25) is 0 Å². The van der Waals surface area contributed by atoms with E-state index in [1.807, 2.05) is 43.6 Å². The van der Waals surface area contributed by atoms with E-state index in [0.717, 1.165) is 66.8 Å². The van der Waals surface area contributed by atoms with Gasteiger partial charge in [-0.2, -0.15) is 5.10 Å². The fraction of sp³-hybridized carbons (Fsp3) is 0.480. The van der Waals surface area contributed by atoms with Crippen LogP contribution in [0.1, 0.15) is 12.8 Å². The SMILES string of the molecule is Cn1ccc(-c2cc(OCC(O)CN3CCC(N4CC(O)C4)CC3)cc3ccccc23)n1. The molecular formula is C25H32N4O3. The number of β-amino-alcohol motifs (C(OH)–C–C–N with tert-alkyl or cyclic N) is 2. The summed E-state index contributed by atoms with van der Waals surface area (Å²) in [5.41, 5.74) is 1.94. The van der Waals surface area contributed by atoms with Gasteiger partial charge in [-0.25, -0.2) is 0 Å². The topological polar surface area (TPSA) is 74.0 Å². The summed E-state index contributed by atoms with van der Waals surface area (Å²) in [6.45, 7) is 4.47. The van der Waals surface area contributed by atoms with Gasteiger partial charge >= 0.3 is 0 Å². The summed E-state index contributed by atoms with van der Waals surface area (Å²) in [4.78, 5) is 4.70. The van der Waals surface area contributed by atoms with Gasteiger partial charge in [0, 0.05) is 44.5 Å². The van der Waals surface area contributed by atoms with Crippen molar-refractivity contribution in [1.29, 1.82) is 0 Å². The normalized spacial score (nSPS) is 19.8. The fourth-order valence-corrected chi connectivity index (χ4v) is 4.93. The van der Waals surface area contributed by atoms with Crippen LogP contribution >= 0.6 is 0 Å². The van der Waals surface area contributed by atoms with Crippen LogP contribution in [0, 0.1) is 0 Å². The molecule has 7 heteroatoms. The van der Waals surface area contributed by atoms with Crippen LogP contribution in [0.15, 0.2) is 48.7 Å². The van der Waals surface area contributed by atoms with E-state index in [-0.39, 0.29) is 12.7 Å². The van der Waals surface area contributed by atoms with Crippen molar-refractivity contribution < 1.29 is 14.9 Å². The second kappa shape index (κ2) is 9.19. The summed E-state index contributed by atoms with van der Waals surface area (Å²) in [6.07, 6.45) is 3.45. The van der Waals surface area contributed by atoms with E-state index >= 15 is 0 Å². The highest BCUT2D eigenvalue weighted by molar-refractivity contribution is 5.97. The summed E-state index contributed by atoms with van der Waals surface area (Å²) in [7, 11) is 1.91. The van der Waals surface area contributed by atoms with Gasteiger partial charge in [0.15, 0.2) is 0 Å². The molecule has 1 aromatic heterocycles. The quantitative estimate of drug-likeness (QED) is 0.591. The van der Waals surface area contributed by atoms with Crippen molar-refractivity contribution in [1.82, 2.24) is 19.6 Å². The number of hydrogen-bond acceptors (Lipinski definition) is 6. The van der Waals surface area contributed by atoms with Crippen molar-refractivity contribution in [2.45, 2.75) is 31.1 Å². The molecule has 32 heavy (non-hydrogen) atoms. The molecule has 1 unspecified atom stereocenters. The van der Waals surface area contributed by atoms with Gasteiger partial charge in [-0.15, -0.1) is 0 Å². The third-order valence-electron chi connectivity index (χ3n) is 6.70. The first-order chi connectivity index (χ1) is 15.5. The average molecular weight is 437 g/mol. The Kier molecular flexibility index (Phi) is 6.15. The molecule has 0 radical (unpaired) electrons. The highest BCUT2D eigenvalue weighted by Gasteiger charge is 2.33. The standard InChI is InChI=1S/C25H32N4O3/c1-27-9-8-25(26-27)24-13-22(12-18-4-2-3-5-23(18)24)32-17-21(31)14-28-10-6-19(7-11-28)29-15-20(30)16-29/h2-5,8-9,12-13,19-21,30-31H,6-7,10-11,14-17H2,1H3. The summed E-state index contributed by atoms with van der Waals surface area (Å²) in [6, 6.07) is 14.9. The lowest BCUT2D eigenvalue weighted by atomic mass is 9.98. The second-order valence-corrected chi connectivity index (χ2v) is 9.17. The van der Waals surface area contributed by atoms with Crippen molar-refractivity contribution in [3.05, 3.63) is 48.7 Å². The Bertz CT molecular complexity index is 1050. The van der Waals surface area contributed by atoms with Gasteiger partial charge in [-0.3, -0.25) is 9.58 Å². The zero-order chi connectivity index (χ0) is 22.1. The van der Waals surface area contributed by atoms with Gasteiger partial charge in [0.25, 0.3) is 0 Å². The molecule has 3 heterocycles. The molecule has 2 aliphatic rings. The molecule has 1 atom stereocenters. The largest absolute Gasteiger partial charge is 0.491 e. The molecule has 0 bridgehead atoms. The van der Waals surface area contributed by atoms with Crippen LogP contribution in [-0.4, -0.2) is 87.4 Å². The number of aryl methyl sites for hydroxylation is 1. The molecule has 3 aromatic rings. The third kappa shape index (κ3) is 4.66. The number of fused-ring (bicyclic) bond motifs is 1. The predicted molar refractivity (Wildman–Crippen MR) is 125 cm³/mol. The number of piperidine rings is 1. The molecule has 2 saturated heterocycles. The molecule has 2 aliphatic heterocycles. The summed E-state index contributed by atoms with van der Waals surface area (Å²) >= 11 is 0. The first kappa shape index (κ1) is 21.4. The van der Waals surface area contributed by atoms with E-state index in [1.54, 1.807) is 4.68 Å². The van der Waals surface area contributed by atoms with Gasteiger partial charge in [0.05, 0.1) is 11.8 Å². The number of likely N-dealkylation sites (tertiary alicyclic amines) is 2. The van der Waals surface area contributed by atoms with Crippen LogP contribution in [-0.2, 0) is 7.05 Å². The molecule has 5 rings (SSSR count). The lowest BCUT2D eigenvalue weighted by Crippen LogP contribution is -2.58. The minimum absolute atomic E-state index is 0.139. The van der Waals surface area contributed by atoms with Gasteiger partial charge in [0.2, 0.25) is 0 Å². The highest BCUT2D eigenvalue weighted by atomic mass is 16.5. The second-order valence-electron chi connectivity index (χ2n) is 9.17. The molecule has 2 N–H and O–H groups in total. The van der Waals surface area contributed by atoms with Crippen molar-refractivity contribution in [2.75, 3.05) is 39.3 Å². The Labute approximate surface area is 188 Å². The minimum atomic E-state index is -0.540. The summed E-state index contributed by atoms with van der Waals surface area (Å²) < 4.78 is 7.84. The zero-order valence-electron chi connectivity index (χ0n) is 18.6. The zero-order valence-corrected chi connectivity index (χ0v) is 18.6. The summed E-state index contributed by atoms with van der Waals surface area (Å²) in [5.74, 6) is 0.749. The maximum Gasteiger partial charge on any atom is 0.120 e. The van der Waals surface area contributed by atoms with Crippen LogP contribution < -0.4 is 4.74 Å². The van der Waals surface area contributed by atoms with Crippen molar-refractivity contribution in [3.63, 3.8) is 0 Å². The number of hydrogen-bond donors (Lipinski definition) is 2. The molecule has 0 spiro atoms. The molecule has 7 nitrogen and oxygen atoms in total. The van der Waals surface area contributed by atoms with Crippen LogP contribution in [0.3, 0.4) is 0 Å². The van der Waals surface area contributed by atoms with E-state index in [9.17, 15) is 10.2 Å². The van der Waals surface area contributed by atoms with Crippen molar-refractivity contribution in [3.8, 4) is 17.0 Å². The Hall–Kier alpha value is -2.45. The monoisotopic (exact) mass is 436 g/mol. The highest BCUT2D eigenvalue weighted by Crippen LogP contribution is 2.32. The molecule has 170 valence electrons. The maximum atomic E-state index is 10.6. The van der Waals surface area contributed by atoms with Gasteiger partial charge in [-0.05, 0) is 54.9 Å². The van der Waals surface area contributed by atoms with Crippen LogP contribution in [0.4, 0.5) is 0 Å². The van der Waals surface area contributed by atoms with Crippen LogP contribution in [0.5, 0.6) is 5.75 Å².